The van der Waals surface area contributed by atoms with Crippen LogP contribution in [0.3, 0.4) is 0 Å². The Kier molecular flexibility index (Phi) is 4.49. The minimum Gasteiger partial charge on any atom is -0.463 e. The van der Waals surface area contributed by atoms with Crippen molar-refractivity contribution in [2.75, 3.05) is 6.61 Å². The molecule has 4 N–H and O–H groups in total. The van der Waals surface area contributed by atoms with Crippen molar-refractivity contribution < 1.29 is 24.0 Å². The molecule has 1 aromatic rings. The maximum Gasteiger partial charge on any atom is 0.338 e. The number of nitro benzene ring substituents is 1. The van der Waals surface area contributed by atoms with Crippen LogP contribution in [-0.4, -0.2) is 23.5 Å². The van der Waals surface area contributed by atoms with E-state index in [4.69, 9.17) is 20.9 Å². The third-order valence-corrected chi connectivity index (χ3v) is 3.33. The number of ether oxygens (including phenoxy) is 2. The Morgan fingerprint density at radius 2 is 2.17 bits per heavy atom. The monoisotopic (exact) mass is 321 g/mol. The molecule has 0 fully saturated rings. The van der Waals surface area contributed by atoms with Crippen LogP contribution in [0.5, 0.6) is 5.75 Å². The van der Waals surface area contributed by atoms with Gasteiger partial charge >= 0.3 is 11.9 Å². The zero-order valence-corrected chi connectivity index (χ0v) is 12.3. The quantitative estimate of drug-likeness (QED) is 0.270. The van der Waals surface area contributed by atoms with Crippen molar-refractivity contribution in [1.82, 2.24) is 0 Å². The summed E-state index contributed by atoms with van der Waals surface area (Å²) in [5, 5.41) is 10.9. The van der Waals surface area contributed by atoms with Gasteiger partial charge in [0.25, 0.3) is 5.69 Å². The van der Waals surface area contributed by atoms with E-state index in [0.29, 0.717) is 0 Å². The van der Waals surface area contributed by atoms with Crippen LogP contribution < -0.4 is 16.2 Å². The number of carbonyl (C=O) groups excluding carboxylic acids is 2. The van der Waals surface area contributed by atoms with Gasteiger partial charge in [0.05, 0.1) is 23.5 Å². The molecule has 9 nitrogen and oxygen atoms in total. The maximum absolute atomic E-state index is 12.1. The van der Waals surface area contributed by atoms with E-state index in [0.717, 1.165) is 0 Å². The van der Waals surface area contributed by atoms with Gasteiger partial charge in [0.1, 0.15) is 11.6 Å². The van der Waals surface area contributed by atoms with E-state index >= 15 is 0 Å². The Morgan fingerprint density at radius 1 is 1.48 bits per heavy atom. The lowest BCUT2D eigenvalue weighted by molar-refractivity contribution is -0.385. The minimum atomic E-state index is -0.866. The van der Waals surface area contributed by atoms with Crippen molar-refractivity contribution in [2.45, 2.75) is 19.3 Å². The van der Waals surface area contributed by atoms with Crippen LogP contribution in [0.1, 0.15) is 24.8 Å². The Bertz CT molecular complexity index is 708. The van der Waals surface area contributed by atoms with Crippen LogP contribution in [0.2, 0.25) is 0 Å². The molecule has 0 saturated heterocycles. The molecule has 1 aromatic carbocycles. The van der Waals surface area contributed by atoms with Gasteiger partial charge in [-0.25, -0.2) is 4.79 Å². The van der Waals surface area contributed by atoms with Crippen LogP contribution in [0.4, 0.5) is 5.69 Å². The van der Waals surface area contributed by atoms with Crippen LogP contribution in [0.15, 0.2) is 29.6 Å². The molecule has 0 aliphatic carbocycles. The highest BCUT2D eigenvalue weighted by molar-refractivity contribution is 5.93. The summed E-state index contributed by atoms with van der Waals surface area (Å²) in [7, 11) is 0. The number of carbonyl (C=O) groups is 2. The van der Waals surface area contributed by atoms with Gasteiger partial charge in [-0.15, -0.1) is 0 Å². The van der Waals surface area contributed by atoms with E-state index in [1.807, 2.05) is 0 Å². The molecule has 1 unspecified atom stereocenters. The molecular weight excluding hydrogens is 306 g/mol. The molecular formula is C14H15N3O6. The Labute approximate surface area is 131 Å². The van der Waals surface area contributed by atoms with E-state index in [2.05, 4.69) is 0 Å². The number of hydrogen-bond acceptors (Lipinski definition) is 8. The second-order valence-corrected chi connectivity index (χ2v) is 4.80. The molecule has 0 radical (unpaired) electrons. The van der Waals surface area contributed by atoms with Crippen LogP contribution >= 0.6 is 0 Å². The van der Waals surface area contributed by atoms with Gasteiger partial charge in [-0.05, 0) is 13.0 Å². The standard InChI is InChI=1S/C14H15N3O6/c1-2-22-14(19)12(13(15)16)9-6-11(18)23-10-4-3-7(17(20)21)5-8(9)10/h3-5,9H,2,6,15-16H2,1H3. The van der Waals surface area contributed by atoms with Gasteiger partial charge in [-0.3, -0.25) is 14.9 Å². The summed E-state index contributed by atoms with van der Waals surface area (Å²) in [6.07, 6.45) is -0.222. The van der Waals surface area contributed by atoms with E-state index < -0.39 is 22.8 Å². The molecule has 0 spiro atoms. The molecule has 9 heteroatoms. The molecule has 1 aliphatic rings. The largest absolute Gasteiger partial charge is 0.463 e. The second-order valence-electron chi connectivity index (χ2n) is 4.80. The van der Waals surface area contributed by atoms with E-state index in [1.54, 1.807) is 6.92 Å². The van der Waals surface area contributed by atoms with Crippen LogP contribution in [-0.2, 0) is 14.3 Å². The summed E-state index contributed by atoms with van der Waals surface area (Å²) in [4.78, 5) is 34.2. The minimum absolute atomic E-state index is 0.0918. The normalized spacial score (nSPS) is 16.0. The summed E-state index contributed by atoms with van der Waals surface area (Å²) in [6, 6.07) is 3.73. The molecule has 122 valence electrons. The third-order valence-electron chi connectivity index (χ3n) is 3.33. The van der Waals surface area contributed by atoms with Crippen molar-refractivity contribution in [2.24, 2.45) is 11.5 Å². The zero-order valence-electron chi connectivity index (χ0n) is 12.3. The molecule has 1 aliphatic heterocycles. The molecule has 2 rings (SSSR count). The average molecular weight is 321 g/mol. The van der Waals surface area contributed by atoms with Gasteiger partial charge in [0.15, 0.2) is 0 Å². The number of nitrogens with zero attached hydrogens (tertiary/aromatic N) is 1. The smallest absolute Gasteiger partial charge is 0.338 e. The summed E-state index contributed by atoms with van der Waals surface area (Å²) in [5.74, 6) is -2.42. The number of fused-ring (bicyclic) bond motifs is 1. The molecule has 1 heterocycles. The highest BCUT2D eigenvalue weighted by Crippen LogP contribution is 2.41. The highest BCUT2D eigenvalue weighted by atomic mass is 16.6. The predicted octanol–water partition coefficient (Wildman–Crippen LogP) is 0.680. The first-order chi connectivity index (χ1) is 10.8. The van der Waals surface area contributed by atoms with Gasteiger partial charge in [-0.2, -0.15) is 0 Å². The molecule has 0 amide bonds. The van der Waals surface area contributed by atoms with Gasteiger partial charge < -0.3 is 20.9 Å². The fourth-order valence-corrected chi connectivity index (χ4v) is 2.38. The topological polar surface area (TPSA) is 148 Å². The zero-order chi connectivity index (χ0) is 17.1. The van der Waals surface area contributed by atoms with Gasteiger partial charge in [0.2, 0.25) is 0 Å². The number of hydrogen-bond donors (Lipinski definition) is 2. The number of rotatable bonds is 4. The Morgan fingerprint density at radius 3 is 2.74 bits per heavy atom. The number of benzene rings is 1. The van der Waals surface area contributed by atoms with Gasteiger partial charge in [-0.1, -0.05) is 0 Å². The van der Waals surface area contributed by atoms with Gasteiger partial charge in [0, 0.05) is 23.6 Å². The SMILES string of the molecule is CCOC(=O)C(=C(N)N)C1CC(=O)Oc2ccc([N+](=O)[O-])cc21. The lowest BCUT2D eigenvalue weighted by atomic mass is 9.85. The summed E-state index contributed by atoms with van der Waals surface area (Å²) in [5.41, 5.74) is 11.1. The Hall–Kier alpha value is -3.10. The number of non-ortho nitro benzene ring substituents is 1. The molecule has 0 bridgehead atoms. The molecule has 1 atom stereocenters. The average Bonchev–Trinajstić information content (AvgIpc) is 2.46. The maximum atomic E-state index is 12.1. The van der Waals surface area contributed by atoms with E-state index in [9.17, 15) is 19.7 Å². The molecule has 23 heavy (non-hydrogen) atoms. The van der Waals surface area contributed by atoms with E-state index in [-0.39, 0.29) is 41.4 Å². The summed E-state index contributed by atoms with van der Waals surface area (Å²) < 4.78 is 9.95. The van der Waals surface area contributed by atoms with Crippen molar-refractivity contribution in [3.8, 4) is 5.75 Å². The van der Waals surface area contributed by atoms with Crippen LogP contribution in [0, 0.1) is 10.1 Å². The Balaban J connectivity index is 2.57. The fraction of sp³-hybridized carbons (Fsp3) is 0.286. The first-order valence-corrected chi connectivity index (χ1v) is 6.76. The van der Waals surface area contributed by atoms with Crippen molar-refractivity contribution in [3.63, 3.8) is 0 Å². The second kappa shape index (κ2) is 6.34. The van der Waals surface area contributed by atoms with E-state index in [1.165, 1.54) is 18.2 Å². The number of nitro groups is 1. The number of nitrogens with two attached hydrogens (primary N) is 2. The number of esters is 2. The van der Waals surface area contributed by atoms with Crippen molar-refractivity contribution in [1.29, 1.82) is 0 Å². The molecule has 0 aromatic heterocycles. The highest BCUT2D eigenvalue weighted by Gasteiger charge is 2.36. The first kappa shape index (κ1) is 16.3. The first-order valence-electron chi connectivity index (χ1n) is 6.76. The van der Waals surface area contributed by atoms with Crippen molar-refractivity contribution >= 4 is 17.6 Å². The summed E-state index contributed by atoms with van der Waals surface area (Å²) >= 11 is 0. The lowest BCUT2D eigenvalue weighted by Crippen LogP contribution is -2.29. The fourth-order valence-electron chi connectivity index (χ4n) is 2.38. The summed E-state index contributed by atoms with van der Waals surface area (Å²) in [6.45, 7) is 1.70. The lowest BCUT2D eigenvalue weighted by Gasteiger charge is -2.25. The molecule has 0 saturated carbocycles. The third kappa shape index (κ3) is 3.23. The predicted molar refractivity (Wildman–Crippen MR) is 78.1 cm³/mol. The van der Waals surface area contributed by atoms with Crippen LogP contribution in [0.25, 0.3) is 0 Å². The van der Waals surface area contributed by atoms with Crippen molar-refractivity contribution in [3.05, 3.63) is 45.3 Å².